The van der Waals surface area contributed by atoms with Crippen LogP contribution in [0.4, 0.5) is 8.78 Å². The molecule has 160 valence electrons. The molecule has 0 bridgehead atoms. The van der Waals surface area contributed by atoms with Crippen molar-refractivity contribution in [2.24, 2.45) is 22.7 Å². The zero-order valence-corrected chi connectivity index (χ0v) is 17.7. The van der Waals surface area contributed by atoms with Gasteiger partial charge in [-0.05, 0) is 43.4 Å². The highest BCUT2D eigenvalue weighted by Gasteiger charge is 2.45. The predicted molar refractivity (Wildman–Crippen MR) is 107 cm³/mol. The second kappa shape index (κ2) is 7.58. The summed E-state index contributed by atoms with van der Waals surface area (Å²) in [4.78, 5) is 6.90. The molecule has 0 amide bonds. The summed E-state index contributed by atoms with van der Waals surface area (Å²) in [5, 5.41) is 4.12. The molecule has 0 aromatic heterocycles. The van der Waals surface area contributed by atoms with E-state index in [2.05, 4.69) is 22.1 Å². The van der Waals surface area contributed by atoms with E-state index >= 15 is 0 Å². The van der Waals surface area contributed by atoms with E-state index in [0.29, 0.717) is 60.8 Å². The first-order chi connectivity index (χ1) is 13.1. The largest absolute Gasteiger partial charge is 0.311 e. The topological polar surface area (TPSA) is 61.8 Å². The van der Waals surface area contributed by atoms with Gasteiger partial charge in [-0.1, -0.05) is 6.92 Å². The lowest BCUT2D eigenvalue weighted by molar-refractivity contribution is -0.0490. The van der Waals surface area contributed by atoms with Crippen molar-refractivity contribution in [3.8, 4) is 0 Å². The van der Waals surface area contributed by atoms with Crippen molar-refractivity contribution in [3.05, 3.63) is 0 Å². The van der Waals surface area contributed by atoms with Crippen molar-refractivity contribution in [2.45, 2.75) is 75.9 Å². The van der Waals surface area contributed by atoms with Crippen molar-refractivity contribution >= 4 is 14.9 Å². The molecule has 4 aliphatic rings. The second-order valence-electron chi connectivity index (χ2n) is 9.61. The summed E-state index contributed by atoms with van der Waals surface area (Å²) in [5.74, 6) is -1.23. The second-order valence-corrected chi connectivity index (χ2v) is 11.6. The fourth-order valence-corrected chi connectivity index (χ4v) is 6.75. The average Bonchev–Trinajstić information content (AvgIpc) is 3.03. The van der Waals surface area contributed by atoms with Crippen molar-refractivity contribution in [1.82, 2.24) is 10.2 Å². The summed E-state index contributed by atoms with van der Waals surface area (Å²) in [6.07, 6.45) is 5.29. The number of sulfone groups is 1. The Labute approximate surface area is 167 Å². The molecular weight excluding hydrogens is 384 g/mol. The number of nitrogens with zero attached hydrogens (tertiary/aromatic N) is 2. The van der Waals surface area contributed by atoms with Crippen LogP contribution in [0.25, 0.3) is 0 Å². The van der Waals surface area contributed by atoms with Gasteiger partial charge in [0.2, 0.25) is 5.92 Å². The van der Waals surface area contributed by atoms with Crippen LogP contribution in [0.5, 0.6) is 0 Å². The zero-order valence-electron chi connectivity index (χ0n) is 16.9. The number of likely N-dealkylation sites (tertiary alicyclic amines) is 1. The van der Waals surface area contributed by atoms with Gasteiger partial charge >= 0.3 is 0 Å². The van der Waals surface area contributed by atoms with Crippen molar-refractivity contribution in [3.63, 3.8) is 0 Å². The van der Waals surface area contributed by atoms with E-state index in [0.717, 1.165) is 25.9 Å². The SMILES string of the molecule is CC1CC(S(C)(=O)=O)=NCC1N1CCC2NC(C3CCC(F)(F)CC3)CC2C1. The van der Waals surface area contributed by atoms with Crippen LogP contribution >= 0.6 is 0 Å². The van der Waals surface area contributed by atoms with Crippen LogP contribution < -0.4 is 5.32 Å². The number of aliphatic imine (C=N–C) groups is 1. The fourth-order valence-electron chi connectivity index (χ4n) is 5.88. The number of nitrogens with one attached hydrogen (secondary N) is 1. The molecule has 0 spiro atoms. The molecule has 5 unspecified atom stereocenters. The minimum Gasteiger partial charge on any atom is -0.311 e. The van der Waals surface area contributed by atoms with E-state index < -0.39 is 15.8 Å². The van der Waals surface area contributed by atoms with Crippen molar-refractivity contribution in [2.75, 3.05) is 25.9 Å². The molecular formula is C20H33F2N3O2S. The van der Waals surface area contributed by atoms with Crippen LogP contribution in [0.1, 0.15) is 51.9 Å². The number of rotatable bonds is 2. The van der Waals surface area contributed by atoms with Gasteiger partial charge in [-0.3, -0.25) is 9.89 Å². The number of hydrogen-bond acceptors (Lipinski definition) is 5. The molecule has 5 atom stereocenters. The van der Waals surface area contributed by atoms with Crippen LogP contribution in [-0.4, -0.2) is 68.3 Å². The summed E-state index contributed by atoms with van der Waals surface area (Å²) >= 11 is 0. The molecule has 3 heterocycles. The van der Waals surface area contributed by atoms with Gasteiger partial charge in [0.05, 0.1) is 6.54 Å². The number of alkyl halides is 2. The maximum Gasteiger partial charge on any atom is 0.248 e. The molecule has 28 heavy (non-hydrogen) atoms. The molecule has 1 N–H and O–H groups in total. The van der Waals surface area contributed by atoms with Crippen LogP contribution in [0.2, 0.25) is 0 Å². The van der Waals surface area contributed by atoms with Crippen LogP contribution in [0.15, 0.2) is 4.99 Å². The summed E-state index contributed by atoms with van der Waals surface area (Å²) in [5.41, 5.74) is 0. The Kier molecular flexibility index (Phi) is 5.59. The van der Waals surface area contributed by atoms with Crippen LogP contribution in [-0.2, 0) is 9.84 Å². The highest BCUT2D eigenvalue weighted by Crippen LogP contribution is 2.41. The van der Waals surface area contributed by atoms with Gasteiger partial charge in [0.15, 0.2) is 9.84 Å². The van der Waals surface area contributed by atoms with Gasteiger partial charge in [-0.25, -0.2) is 17.2 Å². The summed E-state index contributed by atoms with van der Waals surface area (Å²) < 4.78 is 50.5. The maximum atomic E-state index is 13.5. The number of fused-ring (bicyclic) bond motifs is 1. The maximum absolute atomic E-state index is 13.5. The van der Waals surface area contributed by atoms with E-state index in [1.165, 1.54) is 6.26 Å². The first kappa shape index (κ1) is 20.7. The van der Waals surface area contributed by atoms with Gasteiger partial charge in [0.1, 0.15) is 5.04 Å². The fraction of sp³-hybridized carbons (Fsp3) is 0.950. The van der Waals surface area contributed by atoms with Crippen molar-refractivity contribution in [1.29, 1.82) is 0 Å². The molecule has 1 saturated carbocycles. The Morgan fingerprint density at radius 1 is 1.14 bits per heavy atom. The molecule has 0 radical (unpaired) electrons. The third kappa shape index (κ3) is 4.29. The lowest BCUT2D eigenvalue weighted by Crippen LogP contribution is -2.53. The number of piperidine rings is 1. The van der Waals surface area contributed by atoms with E-state index in [1.807, 2.05) is 0 Å². The van der Waals surface area contributed by atoms with E-state index in [-0.39, 0.29) is 18.8 Å². The Morgan fingerprint density at radius 2 is 1.86 bits per heavy atom. The highest BCUT2D eigenvalue weighted by molar-refractivity contribution is 8.05. The van der Waals surface area contributed by atoms with E-state index in [9.17, 15) is 17.2 Å². The lowest BCUT2D eigenvalue weighted by Gasteiger charge is -2.43. The van der Waals surface area contributed by atoms with Gasteiger partial charge in [-0.2, -0.15) is 0 Å². The summed E-state index contributed by atoms with van der Waals surface area (Å²) in [6, 6.07) is 1.18. The Hall–Kier alpha value is -0.600. The first-order valence-electron chi connectivity index (χ1n) is 10.7. The monoisotopic (exact) mass is 417 g/mol. The Morgan fingerprint density at radius 3 is 2.50 bits per heavy atom. The van der Waals surface area contributed by atoms with Crippen LogP contribution in [0.3, 0.4) is 0 Å². The molecule has 0 aromatic carbocycles. The first-order valence-corrected chi connectivity index (χ1v) is 12.6. The van der Waals surface area contributed by atoms with E-state index in [4.69, 9.17) is 0 Å². The predicted octanol–water partition coefficient (Wildman–Crippen LogP) is 2.72. The molecule has 2 saturated heterocycles. The molecule has 8 heteroatoms. The third-order valence-electron chi connectivity index (χ3n) is 7.59. The molecule has 0 aromatic rings. The molecule has 3 fully saturated rings. The average molecular weight is 418 g/mol. The molecule has 3 aliphatic heterocycles. The van der Waals surface area contributed by atoms with E-state index in [1.54, 1.807) is 0 Å². The van der Waals surface area contributed by atoms with Gasteiger partial charge < -0.3 is 5.32 Å². The minimum absolute atomic E-state index is 0.0393. The molecule has 5 nitrogen and oxygen atoms in total. The zero-order chi connectivity index (χ0) is 20.1. The number of hydrogen-bond donors (Lipinski definition) is 1. The van der Waals surface area contributed by atoms with Crippen LogP contribution in [0, 0.1) is 17.8 Å². The smallest absolute Gasteiger partial charge is 0.248 e. The quantitative estimate of drug-likeness (QED) is 0.751. The lowest BCUT2D eigenvalue weighted by atomic mass is 9.80. The minimum atomic E-state index is -3.19. The summed E-state index contributed by atoms with van der Waals surface area (Å²) in [6.45, 7) is 4.71. The number of halogens is 2. The third-order valence-corrected chi connectivity index (χ3v) is 8.74. The van der Waals surface area contributed by atoms with Gasteiger partial charge in [0.25, 0.3) is 0 Å². The van der Waals surface area contributed by atoms with Gasteiger partial charge in [-0.15, -0.1) is 0 Å². The standard InChI is InChI=1S/C20H33F2N3O2S/c1-13-9-19(28(2,26)27)23-11-18(13)25-8-5-16-15(12-25)10-17(24-16)14-3-6-20(21,22)7-4-14/h13-18,24H,3-12H2,1-2H3. The van der Waals surface area contributed by atoms with Crippen molar-refractivity contribution < 1.29 is 17.2 Å². The highest BCUT2D eigenvalue weighted by atomic mass is 32.2. The summed E-state index contributed by atoms with van der Waals surface area (Å²) in [7, 11) is -3.19. The Bertz CT molecular complexity index is 717. The molecule has 1 aliphatic carbocycles. The van der Waals surface area contributed by atoms with Gasteiger partial charge in [0, 0.05) is 56.7 Å². The Balaban J connectivity index is 1.35. The molecule has 4 rings (SSSR count). The normalized spacial score (nSPS) is 40.1.